The van der Waals surface area contributed by atoms with Crippen LogP contribution in [0.5, 0.6) is 0 Å². The lowest BCUT2D eigenvalue weighted by Gasteiger charge is -2.02. The molecule has 102 valence electrons. The summed E-state index contributed by atoms with van der Waals surface area (Å²) in [5.41, 5.74) is 2.07. The third-order valence-electron chi connectivity index (χ3n) is 2.54. The molecule has 20 heavy (non-hydrogen) atoms. The largest absolute Gasteiger partial charge is 0.330 e. The van der Waals surface area contributed by atoms with Crippen molar-refractivity contribution in [2.45, 2.75) is 6.92 Å². The van der Waals surface area contributed by atoms with Crippen LogP contribution in [0.25, 0.3) is 9.88 Å². The van der Waals surface area contributed by atoms with Crippen LogP contribution in [0.3, 0.4) is 0 Å². The Morgan fingerprint density at radius 2 is 1.95 bits per heavy atom. The van der Waals surface area contributed by atoms with Crippen molar-refractivity contribution in [3.05, 3.63) is 45.3 Å². The van der Waals surface area contributed by atoms with Crippen molar-refractivity contribution >= 4 is 56.7 Å². The second kappa shape index (κ2) is 5.69. The van der Waals surface area contributed by atoms with E-state index in [0.717, 1.165) is 20.7 Å². The van der Waals surface area contributed by atoms with Crippen molar-refractivity contribution in [1.29, 1.82) is 0 Å². The Morgan fingerprint density at radius 1 is 1.10 bits per heavy atom. The van der Waals surface area contributed by atoms with Gasteiger partial charge in [-0.25, -0.2) is 0 Å². The van der Waals surface area contributed by atoms with Gasteiger partial charge < -0.3 is 5.32 Å². The third-order valence-corrected chi connectivity index (χ3v) is 5.33. The average molecular weight is 342 g/mol. The maximum absolute atomic E-state index is 5.98. The maximum Gasteiger partial charge on any atom is 0.210 e. The zero-order valence-electron chi connectivity index (χ0n) is 10.4. The van der Waals surface area contributed by atoms with Crippen molar-refractivity contribution < 1.29 is 0 Å². The van der Waals surface area contributed by atoms with Crippen LogP contribution in [-0.4, -0.2) is 10.2 Å². The van der Waals surface area contributed by atoms with Gasteiger partial charge in [0, 0.05) is 5.69 Å². The summed E-state index contributed by atoms with van der Waals surface area (Å²) in [5.74, 6) is 0. The standard InChI is InChI=1S/C13H9Cl2N3S2/c1-7-4-11(19-6-7)12-17-18-13(20-12)16-8-2-3-9(14)10(15)5-8/h2-6H,1H3,(H,16,18). The van der Waals surface area contributed by atoms with E-state index in [1.165, 1.54) is 16.9 Å². The summed E-state index contributed by atoms with van der Waals surface area (Å²) in [6.07, 6.45) is 0. The van der Waals surface area contributed by atoms with E-state index in [9.17, 15) is 0 Å². The Kier molecular flexibility index (Phi) is 3.94. The van der Waals surface area contributed by atoms with Crippen LogP contribution in [0.1, 0.15) is 5.56 Å². The zero-order chi connectivity index (χ0) is 14.1. The highest BCUT2D eigenvalue weighted by Crippen LogP contribution is 2.33. The van der Waals surface area contributed by atoms with Crippen molar-refractivity contribution in [1.82, 2.24) is 10.2 Å². The molecule has 2 aromatic heterocycles. The summed E-state index contributed by atoms with van der Waals surface area (Å²) >= 11 is 15.0. The van der Waals surface area contributed by atoms with Crippen LogP contribution in [0.4, 0.5) is 10.8 Å². The fraction of sp³-hybridized carbons (Fsp3) is 0.0769. The third kappa shape index (κ3) is 2.96. The first-order chi connectivity index (χ1) is 9.61. The Morgan fingerprint density at radius 3 is 2.65 bits per heavy atom. The minimum Gasteiger partial charge on any atom is -0.330 e. The van der Waals surface area contributed by atoms with Gasteiger partial charge in [0.05, 0.1) is 14.9 Å². The van der Waals surface area contributed by atoms with Gasteiger partial charge in [-0.05, 0) is 42.1 Å². The minimum atomic E-state index is 0.510. The first-order valence-electron chi connectivity index (χ1n) is 5.73. The van der Waals surface area contributed by atoms with Gasteiger partial charge in [0.2, 0.25) is 5.13 Å². The van der Waals surface area contributed by atoms with Crippen LogP contribution in [-0.2, 0) is 0 Å². The normalized spacial score (nSPS) is 10.8. The molecule has 0 saturated carbocycles. The number of aromatic nitrogens is 2. The van der Waals surface area contributed by atoms with Gasteiger partial charge in [0.1, 0.15) is 0 Å². The van der Waals surface area contributed by atoms with Crippen LogP contribution in [0, 0.1) is 6.92 Å². The number of nitrogens with one attached hydrogen (secondary N) is 1. The molecule has 7 heteroatoms. The van der Waals surface area contributed by atoms with Crippen molar-refractivity contribution in [2.24, 2.45) is 0 Å². The Balaban J connectivity index is 1.82. The van der Waals surface area contributed by atoms with Gasteiger partial charge >= 0.3 is 0 Å². The number of rotatable bonds is 3. The summed E-state index contributed by atoms with van der Waals surface area (Å²) in [5, 5.41) is 16.3. The fourth-order valence-electron chi connectivity index (χ4n) is 1.61. The molecule has 1 aromatic carbocycles. The molecule has 0 aliphatic carbocycles. The molecule has 1 N–H and O–H groups in total. The smallest absolute Gasteiger partial charge is 0.210 e. The molecule has 3 rings (SSSR count). The molecule has 0 bridgehead atoms. The number of hydrogen-bond donors (Lipinski definition) is 1. The van der Waals surface area contributed by atoms with Gasteiger partial charge in [0.15, 0.2) is 5.01 Å². The van der Waals surface area contributed by atoms with Crippen LogP contribution >= 0.6 is 45.9 Å². The molecule has 0 aliphatic rings. The van der Waals surface area contributed by atoms with Crippen LogP contribution in [0.2, 0.25) is 10.0 Å². The number of benzene rings is 1. The highest BCUT2D eigenvalue weighted by Gasteiger charge is 2.09. The first-order valence-corrected chi connectivity index (χ1v) is 8.18. The molecule has 3 aromatic rings. The number of aryl methyl sites for hydroxylation is 1. The molecule has 0 saturated heterocycles. The Hall–Kier alpha value is -1.14. The number of anilines is 2. The quantitative estimate of drug-likeness (QED) is 0.671. The lowest BCUT2D eigenvalue weighted by molar-refractivity contribution is 1.10. The van der Waals surface area contributed by atoms with E-state index in [1.807, 2.05) is 6.07 Å². The number of halogens is 2. The molecular weight excluding hydrogens is 333 g/mol. The van der Waals surface area contributed by atoms with Crippen LogP contribution in [0.15, 0.2) is 29.6 Å². The van der Waals surface area contributed by atoms with E-state index < -0.39 is 0 Å². The maximum atomic E-state index is 5.98. The van der Waals surface area contributed by atoms with E-state index >= 15 is 0 Å². The van der Waals surface area contributed by atoms with Crippen molar-refractivity contribution in [2.75, 3.05) is 5.32 Å². The van der Waals surface area contributed by atoms with Crippen molar-refractivity contribution in [3.8, 4) is 9.88 Å². The number of nitrogens with zero attached hydrogens (tertiary/aromatic N) is 2. The number of thiophene rings is 1. The summed E-state index contributed by atoms with van der Waals surface area (Å²) < 4.78 is 0. The summed E-state index contributed by atoms with van der Waals surface area (Å²) in [6, 6.07) is 7.47. The van der Waals surface area contributed by atoms with Gasteiger partial charge in [0.25, 0.3) is 0 Å². The predicted octanol–water partition coefficient (Wildman–Crippen LogP) is 5.63. The molecule has 0 fully saturated rings. The van der Waals surface area contributed by atoms with E-state index in [4.69, 9.17) is 23.2 Å². The molecule has 0 atom stereocenters. The van der Waals surface area contributed by atoms with E-state index in [1.54, 1.807) is 23.5 Å². The Bertz CT molecular complexity index is 752. The Labute approximate surface area is 134 Å². The van der Waals surface area contributed by atoms with Crippen LogP contribution < -0.4 is 5.32 Å². The van der Waals surface area contributed by atoms with Gasteiger partial charge in [-0.3, -0.25) is 0 Å². The highest BCUT2D eigenvalue weighted by molar-refractivity contribution is 7.23. The predicted molar refractivity (Wildman–Crippen MR) is 87.7 cm³/mol. The minimum absolute atomic E-state index is 0.510. The first kappa shape index (κ1) is 13.8. The van der Waals surface area contributed by atoms with Gasteiger partial charge in [-0.1, -0.05) is 34.5 Å². The van der Waals surface area contributed by atoms with Gasteiger partial charge in [-0.2, -0.15) is 0 Å². The molecule has 0 spiro atoms. The second-order valence-electron chi connectivity index (χ2n) is 4.15. The molecule has 0 unspecified atom stereocenters. The summed E-state index contributed by atoms with van der Waals surface area (Å²) in [4.78, 5) is 1.13. The molecule has 2 heterocycles. The van der Waals surface area contributed by atoms with Gasteiger partial charge in [-0.15, -0.1) is 21.5 Å². The SMILES string of the molecule is Cc1csc(-c2nnc(Nc3ccc(Cl)c(Cl)c3)s2)c1. The average Bonchev–Trinajstić information content (AvgIpc) is 3.03. The second-order valence-corrected chi connectivity index (χ2v) is 6.86. The molecular formula is C13H9Cl2N3S2. The summed E-state index contributed by atoms with van der Waals surface area (Å²) in [7, 11) is 0. The molecule has 0 aliphatic heterocycles. The lowest BCUT2D eigenvalue weighted by Crippen LogP contribution is -1.89. The van der Waals surface area contributed by atoms with E-state index in [0.29, 0.717) is 10.0 Å². The topological polar surface area (TPSA) is 37.8 Å². The highest BCUT2D eigenvalue weighted by atomic mass is 35.5. The van der Waals surface area contributed by atoms with Crippen molar-refractivity contribution in [3.63, 3.8) is 0 Å². The lowest BCUT2D eigenvalue weighted by atomic mass is 10.3. The summed E-state index contributed by atoms with van der Waals surface area (Å²) in [6.45, 7) is 2.07. The number of hydrogen-bond acceptors (Lipinski definition) is 5. The van der Waals surface area contributed by atoms with E-state index in [-0.39, 0.29) is 0 Å². The fourth-order valence-corrected chi connectivity index (χ4v) is 3.63. The molecule has 3 nitrogen and oxygen atoms in total. The molecule has 0 radical (unpaired) electrons. The monoisotopic (exact) mass is 341 g/mol. The molecule has 0 amide bonds. The van der Waals surface area contributed by atoms with E-state index in [2.05, 4.69) is 33.9 Å². The zero-order valence-corrected chi connectivity index (χ0v) is 13.5.